The van der Waals surface area contributed by atoms with E-state index in [0.29, 0.717) is 0 Å². The molecule has 1 rings (SSSR count). The second-order valence-electron chi connectivity index (χ2n) is 2.27. The molecule has 0 aromatic rings. The summed E-state index contributed by atoms with van der Waals surface area (Å²) >= 11 is 0. The number of carboxylic acids is 1. The Kier molecular flexibility index (Phi) is 1.88. The molecule has 1 aliphatic carbocycles. The second kappa shape index (κ2) is 2.67. The van der Waals surface area contributed by atoms with E-state index >= 15 is 0 Å². The lowest BCUT2D eigenvalue weighted by molar-refractivity contribution is -0.137. The Bertz CT molecular complexity index is 138. The van der Waals surface area contributed by atoms with Crippen LogP contribution >= 0.6 is 0 Å². The van der Waals surface area contributed by atoms with Crippen molar-refractivity contribution in [1.82, 2.24) is 0 Å². The van der Waals surface area contributed by atoms with Crippen LogP contribution in [0.5, 0.6) is 0 Å². The molecule has 1 unspecified atom stereocenters. The van der Waals surface area contributed by atoms with Crippen LogP contribution in [0.2, 0.25) is 0 Å². The molecule has 1 radical (unpaired) electrons. The Morgan fingerprint density at radius 1 is 1.89 bits per heavy atom. The zero-order valence-corrected chi connectivity index (χ0v) is 5.13. The summed E-state index contributed by atoms with van der Waals surface area (Å²) in [5.74, 6) is -0.456. The molecule has 0 amide bonds. The first kappa shape index (κ1) is 6.33. The van der Waals surface area contributed by atoms with Gasteiger partial charge in [-0.15, -0.1) is 0 Å². The molecule has 1 atom stereocenters. The van der Waals surface area contributed by atoms with Crippen molar-refractivity contribution in [3.63, 3.8) is 0 Å². The van der Waals surface area contributed by atoms with Crippen LogP contribution in [0.15, 0.2) is 6.08 Å². The van der Waals surface area contributed by atoms with Gasteiger partial charge in [-0.3, -0.25) is 4.79 Å². The molecule has 2 nitrogen and oxygen atoms in total. The topological polar surface area (TPSA) is 37.3 Å². The molecule has 0 saturated heterocycles. The third kappa shape index (κ3) is 1.88. The van der Waals surface area contributed by atoms with Crippen molar-refractivity contribution >= 4 is 5.97 Å². The van der Waals surface area contributed by atoms with E-state index in [1.165, 1.54) is 0 Å². The average molecular weight is 125 g/mol. The monoisotopic (exact) mass is 125 g/mol. The number of allylic oxidation sites excluding steroid dienone is 2. The van der Waals surface area contributed by atoms with Gasteiger partial charge in [0, 0.05) is 0 Å². The fourth-order valence-electron chi connectivity index (χ4n) is 0.987. The maximum absolute atomic E-state index is 10.1. The number of hydrogen-bond donors (Lipinski definition) is 1. The molecule has 1 N–H and O–H groups in total. The zero-order valence-electron chi connectivity index (χ0n) is 5.13. The number of hydrogen-bond acceptors (Lipinski definition) is 1. The van der Waals surface area contributed by atoms with Gasteiger partial charge in [0.2, 0.25) is 0 Å². The summed E-state index contributed by atoms with van der Waals surface area (Å²) in [6.07, 6.45) is 7.02. The van der Waals surface area contributed by atoms with Crippen molar-refractivity contribution in [2.75, 3.05) is 0 Å². The van der Waals surface area contributed by atoms with Gasteiger partial charge in [-0.25, -0.2) is 0 Å². The zero-order chi connectivity index (χ0) is 6.69. The van der Waals surface area contributed by atoms with Crippen molar-refractivity contribution in [1.29, 1.82) is 0 Å². The summed E-state index contributed by atoms with van der Waals surface area (Å²) in [5, 5.41) is 8.33. The summed E-state index contributed by atoms with van der Waals surface area (Å²) in [6, 6.07) is 0. The summed E-state index contributed by atoms with van der Waals surface area (Å²) in [7, 11) is 0. The number of carboxylic acid groups (broad SMARTS) is 1. The lowest BCUT2D eigenvalue weighted by Gasteiger charge is -1.99. The fourth-order valence-corrected chi connectivity index (χ4v) is 0.987. The predicted octanol–water partition coefficient (Wildman–Crippen LogP) is 1.23. The molecule has 0 aromatic heterocycles. The quantitative estimate of drug-likeness (QED) is 0.602. The lowest BCUT2D eigenvalue weighted by atomic mass is 10.1. The minimum atomic E-state index is -0.708. The van der Waals surface area contributed by atoms with Crippen LogP contribution in [0.1, 0.15) is 19.3 Å². The largest absolute Gasteiger partial charge is 0.481 e. The minimum absolute atomic E-state index is 0.252. The third-order valence-corrected chi connectivity index (χ3v) is 1.45. The van der Waals surface area contributed by atoms with Gasteiger partial charge in [0.15, 0.2) is 0 Å². The van der Waals surface area contributed by atoms with Gasteiger partial charge in [0.1, 0.15) is 0 Å². The highest BCUT2D eigenvalue weighted by atomic mass is 16.4. The second-order valence-corrected chi connectivity index (χ2v) is 2.27. The minimum Gasteiger partial charge on any atom is -0.481 e. The highest BCUT2D eigenvalue weighted by Crippen LogP contribution is 2.18. The maximum Gasteiger partial charge on any atom is 0.303 e. The molecule has 0 spiro atoms. The molecular weight excluding hydrogens is 116 g/mol. The van der Waals surface area contributed by atoms with Gasteiger partial charge in [-0.2, -0.15) is 0 Å². The predicted molar refractivity (Wildman–Crippen MR) is 32.8 cm³/mol. The van der Waals surface area contributed by atoms with Crippen LogP contribution in [0.4, 0.5) is 0 Å². The molecule has 2 heteroatoms. The summed E-state index contributed by atoms with van der Waals surface area (Å²) < 4.78 is 0. The van der Waals surface area contributed by atoms with E-state index in [4.69, 9.17) is 5.11 Å². The highest BCUT2D eigenvalue weighted by molar-refractivity contribution is 5.67. The van der Waals surface area contributed by atoms with Crippen molar-refractivity contribution in [3.05, 3.63) is 12.2 Å². The highest BCUT2D eigenvalue weighted by Gasteiger charge is 2.12. The van der Waals surface area contributed by atoms with Crippen LogP contribution < -0.4 is 0 Å². The van der Waals surface area contributed by atoms with E-state index in [1.54, 1.807) is 0 Å². The van der Waals surface area contributed by atoms with E-state index in [0.717, 1.165) is 12.8 Å². The molecule has 1 aliphatic rings. The van der Waals surface area contributed by atoms with Gasteiger partial charge in [0.25, 0.3) is 0 Å². The molecule has 9 heavy (non-hydrogen) atoms. The third-order valence-electron chi connectivity index (χ3n) is 1.45. The van der Waals surface area contributed by atoms with Crippen LogP contribution in [-0.4, -0.2) is 11.1 Å². The van der Waals surface area contributed by atoms with Crippen molar-refractivity contribution in [2.24, 2.45) is 5.92 Å². The first-order chi connectivity index (χ1) is 4.29. The number of aliphatic carboxylic acids is 1. The number of carbonyl (C=O) groups is 1. The van der Waals surface area contributed by atoms with Crippen LogP contribution in [-0.2, 0) is 4.79 Å². The van der Waals surface area contributed by atoms with Crippen molar-refractivity contribution in [3.8, 4) is 0 Å². The number of rotatable bonds is 2. The molecular formula is C7H9O2. The summed E-state index contributed by atoms with van der Waals surface area (Å²) in [6.45, 7) is 0. The fraction of sp³-hybridized carbons (Fsp3) is 0.571. The molecule has 0 aliphatic heterocycles. The first-order valence-electron chi connectivity index (χ1n) is 3.07. The van der Waals surface area contributed by atoms with Gasteiger partial charge < -0.3 is 5.11 Å². The van der Waals surface area contributed by atoms with Gasteiger partial charge in [0.05, 0.1) is 6.42 Å². The Morgan fingerprint density at radius 2 is 2.67 bits per heavy atom. The van der Waals surface area contributed by atoms with Crippen molar-refractivity contribution < 1.29 is 9.90 Å². The standard InChI is InChI=1S/C7H9O2/c8-7(9)5-6-3-1-2-4-6/h4,6H,1,3,5H2,(H,8,9). The van der Waals surface area contributed by atoms with E-state index in [-0.39, 0.29) is 12.3 Å². The van der Waals surface area contributed by atoms with Crippen LogP contribution in [0.25, 0.3) is 0 Å². The van der Waals surface area contributed by atoms with Gasteiger partial charge in [-0.05, 0) is 24.8 Å². The van der Waals surface area contributed by atoms with E-state index in [9.17, 15) is 4.79 Å². The molecule has 0 bridgehead atoms. The van der Waals surface area contributed by atoms with Crippen LogP contribution in [0.3, 0.4) is 0 Å². The molecule has 0 heterocycles. The van der Waals surface area contributed by atoms with Gasteiger partial charge in [-0.1, -0.05) is 6.08 Å². The summed E-state index contributed by atoms with van der Waals surface area (Å²) in [4.78, 5) is 10.1. The Morgan fingerprint density at radius 3 is 3.11 bits per heavy atom. The van der Waals surface area contributed by atoms with Gasteiger partial charge >= 0.3 is 5.97 Å². The lowest BCUT2D eigenvalue weighted by Crippen LogP contribution is -2.01. The molecule has 0 fully saturated rings. The maximum atomic E-state index is 10.1. The SMILES string of the molecule is O=C(O)CC1C=[C]CC1. The Balaban J connectivity index is 2.28. The normalized spacial score (nSPS) is 24.7. The van der Waals surface area contributed by atoms with E-state index in [1.807, 2.05) is 6.08 Å². The Labute approximate surface area is 54.2 Å². The van der Waals surface area contributed by atoms with Crippen LogP contribution in [0, 0.1) is 12.0 Å². The summed E-state index contributed by atoms with van der Waals surface area (Å²) in [5.41, 5.74) is 0. The molecule has 49 valence electrons. The van der Waals surface area contributed by atoms with E-state index in [2.05, 4.69) is 6.08 Å². The smallest absolute Gasteiger partial charge is 0.303 e. The average Bonchev–Trinajstić information content (AvgIpc) is 2.15. The molecule has 0 saturated carbocycles. The van der Waals surface area contributed by atoms with Crippen molar-refractivity contribution in [2.45, 2.75) is 19.3 Å². The Hall–Kier alpha value is -0.790. The first-order valence-corrected chi connectivity index (χ1v) is 3.07. The van der Waals surface area contributed by atoms with E-state index < -0.39 is 5.97 Å². The molecule has 0 aromatic carbocycles.